The summed E-state index contributed by atoms with van der Waals surface area (Å²) >= 11 is 0. The summed E-state index contributed by atoms with van der Waals surface area (Å²) in [6.45, 7) is 4.67. The number of pyridine rings is 1. The highest BCUT2D eigenvalue weighted by molar-refractivity contribution is 5.80. The Morgan fingerprint density at radius 2 is 1.93 bits per heavy atom. The van der Waals surface area contributed by atoms with E-state index in [1.807, 2.05) is 61.5 Å². The van der Waals surface area contributed by atoms with Crippen LogP contribution in [0.3, 0.4) is 0 Å². The van der Waals surface area contributed by atoms with Crippen molar-refractivity contribution in [2.75, 3.05) is 6.61 Å². The predicted molar refractivity (Wildman–Crippen MR) is 114 cm³/mol. The van der Waals surface area contributed by atoms with Crippen LogP contribution in [0.4, 0.5) is 0 Å². The van der Waals surface area contributed by atoms with Gasteiger partial charge in [-0.05, 0) is 48.8 Å². The molecule has 1 aromatic heterocycles. The van der Waals surface area contributed by atoms with Gasteiger partial charge >= 0.3 is 0 Å². The summed E-state index contributed by atoms with van der Waals surface area (Å²) in [4.78, 5) is 18.8. The molecule has 0 saturated carbocycles. The summed E-state index contributed by atoms with van der Waals surface area (Å²) in [5.74, 6) is 1.07. The molecular weight excluding hydrogens is 366 g/mol. The molecule has 0 bridgehead atoms. The normalized spacial score (nSPS) is 15.0. The van der Waals surface area contributed by atoms with Gasteiger partial charge in [0.2, 0.25) is 5.88 Å². The zero-order valence-corrected chi connectivity index (χ0v) is 16.8. The van der Waals surface area contributed by atoms with E-state index in [-0.39, 0.29) is 5.43 Å². The Morgan fingerprint density at radius 1 is 1.07 bits per heavy atom. The number of nitrogens with zero attached hydrogens (tertiary/aromatic N) is 1. The van der Waals surface area contributed by atoms with Crippen LogP contribution in [0.1, 0.15) is 37.8 Å². The summed E-state index contributed by atoms with van der Waals surface area (Å²) < 4.78 is 13.6. The van der Waals surface area contributed by atoms with E-state index in [0.29, 0.717) is 23.4 Å². The molecule has 0 saturated heterocycles. The number of ether oxygens (including phenoxy) is 2. The Morgan fingerprint density at radius 3 is 2.76 bits per heavy atom. The Hall–Kier alpha value is -3.21. The first-order valence-corrected chi connectivity index (χ1v) is 10.1. The maximum atomic E-state index is 12.8. The Balaban J connectivity index is 1.71. The molecule has 0 spiro atoms. The highest BCUT2D eigenvalue weighted by Gasteiger charge is 2.19. The monoisotopic (exact) mass is 391 g/mol. The van der Waals surface area contributed by atoms with E-state index in [0.717, 1.165) is 36.1 Å². The predicted octanol–water partition coefficient (Wildman–Crippen LogP) is 4.60. The number of hydrogen-bond donors (Lipinski definition) is 0. The van der Waals surface area contributed by atoms with Crippen molar-refractivity contribution in [2.24, 2.45) is 0 Å². The SMILES string of the molecule is CCCOn1c(OC2C=Cc3ccccc3O2)cc(=O)c2cc(CCC)ccc21. The zero-order chi connectivity index (χ0) is 20.2. The topological polar surface area (TPSA) is 49.7 Å². The van der Waals surface area contributed by atoms with Gasteiger partial charge < -0.3 is 14.3 Å². The minimum atomic E-state index is -0.641. The van der Waals surface area contributed by atoms with Gasteiger partial charge in [0, 0.05) is 17.0 Å². The maximum absolute atomic E-state index is 12.8. The average molecular weight is 391 g/mol. The van der Waals surface area contributed by atoms with Crippen molar-refractivity contribution in [3.63, 3.8) is 0 Å². The Kier molecular flexibility index (Phi) is 5.56. The van der Waals surface area contributed by atoms with E-state index in [9.17, 15) is 4.79 Å². The molecule has 2 heterocycles. The first kappa shape index (κ1) is 19.1. The number of rotatable bonds is 7. The van der Waals surface area contributed by atoms with Gasteiger partial charge in [0.1, 0.15) is 12.4 Å². The molecule has 1 atom stereocenters. The molecule has 29 heavy (non-hydrogen) atoms. The summed E-state index contributed by atoms with van der Waals surface area (Å²) in [6.07, 6.45) is 5.94. The Bertz CT molecular complexity index is 1100. The van der Waals surface area contributed by atoms with Crippen LogP contribution in [0.2, 0.25) is 0 Å². The van der Waals surface area contributed by atoms with E-state index in [1.165, 1.54) is 6.07 Å². The number of benzene rings is 2. The fraction of sp³-hybridized carbons (Fsp3) is 0.292. The second-order valence-corrected chi connectivity index (χ2v) is 7.08. The smallest absolute Gasteiger partial charge is 0.262 e. The molecule has 0 radical (unpaired) electrons. The van der Waals surface area contributed by atoms with E-state index < -0.39 is 6.29 Å². The van der Waals surface area contributed by atoms with Crippen molar-refractivity contribution in [1.29, 1.82) is 0 Å². The van der Waals surface area contributed by atoms with Gasteiger partial charge in [-0.3, -0.25) is 4.79 Å². The summed E-state index contributed by atoms with van der Waals surface area (Å²) in [5.41, 5.74) is 2.74. The van der Waals surface area contributed by atoms with Crippen molar-refractivity contribution >= 4 is 17.0 Å². The van der Waals surface area contributed by atoms with E-state index in [1.54, 1.807) is 4.73 Å². The van der Waals surface area contributed by atoms with Crippen LogP contribution in [0.25, 0.3) is 17.0 Å². The molecule has 5 nitrogen and oxygen atoms in total. The Labute approximate surface area is 170 Å². The van der Waals surface area contributed by atoms with Crippen molar-refractivity contribution in [3.8, 4) is 11.6 Å². The first-order valence-electron chi connectivity index (χ1n) is 10.1. The molecule has 1 aliphatic rings. The summed E-state index contributed by atoms with van der Waals surface area (Å²) in [7, 11) is 0. The molecule has 0 amide bonds. The van der Waals surface area contributed by atoms with Crippen LogP contribution in [-0.4, -0.2) is 17.6 Å². The molecule has 0 N–H and O–H groups in total. The first-order chi connectivity index (χ1) is 14.2. The zero-order valence-electron chi connectivity index (χ0n) is 16.8. The van der Waals surface area contributed by atoms with Gasteiger partial charge in [-0.1, -0.05) is 44.5 Å². The van der Waals surface area contributed by atoms with Crippen molar-refractivity contribution < 1.29 is 14.3 Å². The number of aromatic nitrogens is 1. The minimum absolute atomic E-state index is 0.0931. The van der Waals surface area contributed by atoms with Crippen LogP contribution in [-0.2, 0) is 6.42 Å². The largest absolute Gasteiger partial charge is 0.450 e. The van der Waals surface area contributed by atoms with Gasteiger partial charge in [0.25, 0.3) is 6.29 Å². The van der Waals surface area contributed by atoms with Crippen molar-refractivity contribution in [1.82, 2.24) is 4.73 Å². The third-order valence-electron chi connectivity index (χ3n) is 4.80. The second kappa shape index (κ2) is 8.43. The highest BCUT2D eigenvalue weighted by Crippen LogP contribution is 2.27. The molecule has 3 aromatic rings. The van der Waals surface area contributed by atoms with Crippen LogP contribution in [0, 0.1) is 0 Å². The maximum Gasteiger partial charge on any atom is 0.262 e. The molecule has 4 rings (SSSR count). The van der Waals surface area contributed by atoms with Gasteiger partial charge in [0.15, 0.2) is 5.43 Å². The van der Waals surface area contributed by atoms with Crippen molar-refractivity contribution in [3.05, 3.63) is 76.0 Å². The van der Waals surface area contributed by atoms with Gasteiger partial charge in [-0.25, -0.2) is 0 Å². The molecule has 0 fully saturated rings. The third-order valence-corrected chi connectivity index (χ3v) is 4.80. The van der Waals surface area contributed by atoms with Gasteiger partial charge in [-0.15, -0.1) is 4.73 Å². The van der Waals surface area contributed by atoms with Crippen LogP contribution in [0.15, 0.2) is 59.4 Å². The lowest BCUT2D eigenvalue weighted by Crippen LogP contribution is -2.28. The number of aryl methyl sites for hydroxylation is 1. The van der Waals surface area contributed by atoms with E-state index in [4.69, 9.17) is 14.3 Å². The second-order valence-electron chi connectivity index (χ2n) is 7.08. The number of fused-ring (bicyclic) bond motifs is 2. The fourth-order valence-electron chi connectivity index (χ4n) is 3.42. The molecule has 1 unspecified atom stereocenters. The van der Waals surface area contributed by atoms with Crippen LogP contribution >= 0.6 is 0 Å². The molecule has 1 aliphatic heterocycles. The van der Waals surface area contributed by atoms with Crippen molar-refractivity contribution in [2.45, 2.75) is 39.4 Å². The summed E-state index contributed by atoms with van der Waals surface area (Å²) in [5, 5.41) is 0.629. The minimum Gasteiger partial charge on any atom is -0.450 e. The lowest BCUT2D eigenvalue weighted by molar-refractivity contribution is 0.0125. The summed E-state index contributed by atoms with van der Waals surface area (Å²) in [6, 6.07) is 15.1. The third kappa shape index (κ3) is 3.99. The van der Waals surface area contributed by atoms with E-state index in [2.05, 4.69) is 6.92 Å². The molecule has 5 heteroatoms. The van der Waals surface area contributed by atoms with Gasteiger partial charge in [0.05, 0.1) is 5.52 Å². The quantitative estimate of drug-likeness (QED) is 0.590. The molecule has 0 aliphatic carbocycles. The standard InChI is InChI=1S/C24H25NO4/c1-3-7-17-10-12-20-19(15-17)21(26)16-23(25(20)27-14-4-2)29-24-13-11-18-8-5-6-9-22(18)28-24/h5-6,8-13,15-16,24H,3-4,7,14H2,1-2H3. The molecule has 2 aromatic carbocycles. The lowest BCUT2D eigenvalue weighted by Gasteiger charge is -2.24. The molecular formula is C24H25NO4. The highest BCUT2D eigenvalue weighted by atomic mass is 16.7. The van der Waals surface area contributed by atoms with Crippen LogP contribution < -0.4 is 19.7 Å². The van der Waals surface area contributed by atoms with Gasteiger partial charge in [-0.2, -0.15) is 0 Å². The van der Waals surface area contributed by atoms with E-state index >= 15 is 0 Å². The van der Waals surface area contributed by atoms with Crippen LogP contribution in [0.5, 0.6) is 11.6 Å². The number of para-hydroxylation sites is 1. The lowest BCUT2D eigenvalue weighted by atomic mass is 10.1. The average Bonchev–Trinajstić information content (AvgIpc) is 2.74. The number of hydrogen-bond acceptors (Lipinski definition) is 4. The fourth-order valence-corrected chi connectivity index (χ4v) is 3.42. The molecule has 150 valence electrons.